The van der Waals surface area contributed by atoms with Crippen molar-refractivity contribution in [3.63, 3.8) is 0 Å². The summed E-state index contributed by atoms with van der Waals surface area (Å²) in [6.45, 7) is 5.20. The van der Waals surface area contributed by atoms with Crippen LogP contribution in [0.15, 0.2) is 29.1 Å². The van der Waals surface area contributed by atoms with Gasteiger partial charge in [0.1, 0.15) is 5.15 Å². The van der Waals surface area contributed by atoms with Gasteiger partial charge in [-0.3, -0.25) is 14.2 Å². The van der Waals surface area contributed by atoms with Crippen LogP contribution in [0.3, 0.4) is 0 Å². The highest BCUT2D eigenvalue weighted by Crippen LogP contribution is 2.53. The third kappa shape index (κ3) is 4.38. The van der Waals surface area contributed by atoms with Gasteiger partial charge in [0.2, 0.25) is 11.9 Å². The van der Waals surface area contributed by atoms with Crippen molar-refractivity contribution < 1.29 is 14.7 Å². The first-order valence-electron chi connectivity index (χ1n) is 13.7. The van der Waals surface area contributed by atoms with E-state index in [1.807, 2.05) is 37.9 Å². The van der Waals surface area contributed by atoms with Gasteiger partial charge in [0, 0.05) is 44.7 Å². The molecular weight excluding hydrogens is 532 g/mol. The largest absolute Gasteiger partial charge is 0.476 e. The number of pyridine rings is 1. The molecule has 2 saturated carbocycles. The van der Waals surface area contributed by atoms with E-state index in [4.69, 9.17) is 16.6 Å². The van der Waals surface area contributed by atoms with Crippen molar-refractivity contribution in [3.8, 4) is 0 Å². The Morgan fingerprint density at radius 3 is 2.50 bits per heavy atom. The lowest BCUT2D eigenvalue weighted by molar-refractivity contribution is -0.135. The second kappa shape index (κ2) is 9.76. The topological polar surface area (TPSA) is 121 Å². The summed E-state index contributed by atoms with van der Waals surface area (Å²) in [5, 5.41) is 13.4. The predicted molar refractivity (Wildman–Crippen MR) is 153 cm³/mol. The van der Waals surface area contributed by atoms with Crippen molar-refractivity contribution >= 4 is 46.0 Å². The fourth-order valence-electron chi connectivity index (χ4n) is 6.42. The molecule has 6 rings (SSSR count). The molecule has 1 amide bonds. The highest BCUT2D eigenvalue weighted by atomic mass is 35.5. The Hall–Kier alpha value is -3.66. The molecule has 3 aromatic rings. The van der Waals surface area contributed by atoms with Crippen LogP contribution in [0.4, 0.5) is 11.6 Å². The Morgan fingerprint density at radius 2 is 1.88 bits per heavy atom. The average Bonchev–Trinajstić information content (AvgIpc) is 3.37. The second-order valence-corrected chi connectivity index (χ2v) is 11.9. The Balaban J connectivity index is 1.29. The van der Waals surface area contributed by atoms with E-state index in [1.165, 1.54) is 12.5 Å². The number of carbonyl (C=O) groups excluding carboxylic acids is 1. The molecule has 0 radical (unpaired) electrons. The zero-order valence-corrected chi connectivity index (χ0v) is 23.8. The number of hydrogen-bond acceptors (Lipinski definition) is 7. The molecular formula is C29H33ClN6O4. The number of rotatable bonds is 7. The third-order valence-electron chi connectivity index (χ3n) is 8.96. The lowest BCUT2D eigenvalue weighted by Crippen LogP contribution is -2.43. The van der Waals surface area contributed by atoms with E-state index in [0.29, 0.717) is 41.7 Å². The number of hydrogen-bond donors (Lipinski definition) is 2. The molecule has 0 bridgehead atoms. The number of carbonyl (C=O) groups is 2. The van der Waals surface area contributed by atoms with Crippen molar-refractivity contribution in [2.75, 3.05) is 30.4 Å². The minimum absolute atomic E-state index is 0.0678. The first kappa shape index (κ1) is 26.6. The van der Waals surface area contributed by atoms with E-state index < -0.39 is 5.97 Å². The second-order valence-electron chi connectivity index (χ2n) is 11.5. The quantitative estimate of drug-likeness (QED) is 0.415. The van der Waals surface area contributed by atoms with Gasteiger partial charge >= 0.3 is 5.97 Å². The van der Waals surface area contributed by atoms with Crippen LogP contribution < -0.4 is 15.8 Å². The molecule has 210 valence electrons. The number of amides is 1. The Labute approximate surface area is 237 Å². The summed E-state index contributed by atoms with van der Waals surface area (Å²) in [6.07, 6.45) is 3.39. The highest BCUT2D eigenvalue weighted by Gasteiger charge is 2.61. The standard InChI is InChI=1S/C29H33ClN6O4/c1-14-10-17(15(2)31-21-8-9-22(30)32-25(21)28(39)40)24-18(11-14)26(37)35(4)29(33-24)36-12-19-20(13-36)23(19)27(38)34(3)16-6-5-7-16/h8-11,15-16,19-20,23,31H,5-7,12-13H2,1-4H3,(H,39,40)/t15-,19-,20+,23?/m1/s1. The SMILES string of the molecule is Cc1cc([C@@H](C)Nc2ccc(Cl)nc2C(=O)O)c2nc(N3C[C@@H]4C(C(=O)N(C)C5CCC5)[C@@H]4C3)n(C)c(=O)c2c1. The Morgan fingerprint density at radius 1 is 1.18 bits per heavy atom. The monoisotopic (exact) mass is 564 g/mol. The molecule has 1 aromatic carbocycles. The van der Waals surface area contributed by atoms with Gasteiger partial charge in [-0.25, -0.2) is 14.8 Å². The number of fused-ring (bicyclic) bond motifs is 2. The number of carboxylic acids is 1. The van der Waals surface area contributed by atoms with Gasteiger partial charge in [0.25, 0.3) is 5.56 Å². The number of nitrogens with zero attached hydrogens (tertiary/aromatic N) is 5. The summed E-state index contributed by atoms with van der Waals surface area (Å²) in [4.78, 5) is 51.4. The Kier molecular flexibility index (Phi) is 6.48. The van der Waals surface area contributed by atoms with Gasteiger partial charge in [-0.15, -0.1) is 0 Å². The molecule has 3 heterocycles. The maximum absolute atomic E-state index is 13.6. The fraction of sp³-hybridized carbons (Fsp3) is 0.483. The molecule has 1 unspecified atom stereocenters. The maximum atomic E-state index is 13.6. The van der Waals surface area contributed by atoms with Crippen LogP contribution in [0, 0.1) is 24.7 Å². The van der Waals surface area contributed by atoms with Crippen LogP contribution in [-0.2, 0) is 11.8 Å². The summed E-state index contributed by atoms with van der Waals surface area (Å²) >= 11 is 5.93. The van der Waals surface area contributed by atoms with Gasteiger partial charge < -0.3 is 20.2 Å². The molecule has 4 atom stereocenters. The van der Waals surface area contributed by atoms with E-state index in [9.17, 15) is 19.5 Å². The van der Waals surface area contributed by atoms with Crippen molar-refractivity contribution in [2.45, 2.75) is 45.2 Å². The number of halogens is 1. The third-order valence-corrected chi connectivity index (χ3v) is 9.18. The molecule has 40 heavy (non-hydrogen) atoms. The number of benzene rings is 1. The first-order valence-corrected chi connectivity index (χ1v) is 14.1. The zero-order valence-electron chi connectivity index (χ0n) is 23.0. The smallest absolute Gasteiger partial charge is 0.356 e. The van der Waals surface area contributed by atoms with E-state index in [1.54, 1.807) is 17.7 Å². The van der Waals surface area contributed by atoms with Crippen LogP contribution in [0.1, 0.15) is 53.8 Å². The number of aryl methyl sites for hydroxylation is 1. The van der Waals surface area contributed by atoms with Gasteiger partial charge in [0.15, 0.2) is 5.69 Å². The van der Waals surface area contributed by atoms with E-state index in [-0.39, 0.29) is 46.1 Å². The summed E-state index contributed by atoms with van der Waals surface area (Å²) in [5.41, 5.74) is 2.25. The summed E-state index contributed by atoms with van der Waals surface area (Å²) in [5.74, 6) is 0.289. The number of carboxylic acid groups (broad SMARTS) is 1. The van der Waals surface area contributed by atoms with E-state index in [2.05, 4.69) is 15.2 Å². The number of anilines is 2. The summed E-state index contributed by atoms with van der Waals surface area (Å²) < 4.78 is 1.59. The molecule has 3 aliphatic rings. The molecule has 2 N–H and O–H groups in total. The van der Waals surface area contributed by atoms with Gasteiger partial charge in [-0.1, -0.05) is 17.7 Å². The molecule has 3 fully saturated rings. The molecule has 2 aromatic heterocycles. The van der Waals surface area contributed by atoms with Gasteiger partial charge in [-0.05, 0) is 68.7 Å². The minimum atomic E-state index is -1.19. The fourth-order valence-corrected chi connectivity index (χ4v) is 6.57. The average molecular weight is 565 g/mol. The van der Waals surface area contributed by atoms with Crippen LogP contribution in [0.25, 0.3) is 10.9 Å². The van der Waals surface area contributed by atoms with E-state index in [0.717, 1.165) is 24.0 Å². The molecule has 1 saturated heterocycles. The van der Waals surface area contributed by atoms with Gasteiger partial charge in [-0.2, -0.15) is 0 Å². The van der Waals surface area contributed by atoms with E-state index >= 15 is 0 Å². The number of piperidine rings is 1. The van der Waals surface area contributed by atoms with Crippen LogP contribution in [-0.4, -0.2) is 62.6 Å². The molecule has 0 spiro atoms. The molecule has 10 nitrogen and oxygen atoms in total. The maximum Gasteiger partial charge on any atom is 0.356 e. The van der Waals surface area contributed by atoms with Crippen LogP contribution in [0.2, 0.25) is 5.15 Å². The van der Waals surface area contributed by atoms with Crippen molar-refractivity contribution in [2.24, 2.45) is 24.8 Å². The van der Waals surface area contributed by atoms with Crippen molar-refractivity contribution in [3.05, 3.63) is 56.6 Å². The molecule has 11 heteroatoms. The number of nitrogens with one attached hydrogen (secondary N) is 1. The Bertz CT molecular complexity index is 1590. The molecule has 2 aliphatic carbocycles. The zero-order chi connectivity index (χ0) is 28.5. The van der Waals surface area contributed by atoms with Gasteiger partial charge in [0.05, 0.1) is 22.6 Å². The number of aromatic carboxylic acids is 1. The first-order chi connectivity index (χ1) is 19.0. The molecule has 1 aliphatic heterocycles. The highest BCUT2D eigenvalue weighted by molar-refractivity contribution is 6.29. The summed E-state index contributed by atoms with van der Waals surface area (Å²) in [7, 11) is 3.67. The number of aromatic nitrogens is 3. The summed E-state index contributed by atoms with van der Waals surface area (Å²) in [6, 6.07) is 6.93. The normalized spacial score (nSPS) is 22.5. The predicted octanol–water partition coefficient (Wildman–Crippen LogP) is 3.85. The lowest BCUT2D eigenvalue weighted by Gasteiger charge is -2.35. The minimum Gasteiger partial charge on any atom is -0.476 e. The van der Waals surface area contributed by atoms with Crippen LogP contribution >= 0.6 is 11.6 Å². The van der Waals surface area contributed by atoms with Crippen LogP contribution in [0.5, 0.6) is 0 Å². The van der Waals surface area contributed by atoms with Crippen molar-refractivity contribution in [1.82, 2.24) is 19.4 Å². The lowest BCUT2D eigenvalue weighted by atomic mass is 9.91. The van der Waals surface area contributed by atoms with Crippen molar-refractivity contribution in [1.29, 1.82) is 0 Å².